The number of rotatable bonds is 4. The molecule has 0 fully saturated rings. The van der Waals surface area contributed by atoms with E-state index in [-0.39, 0.29) is 6.42 Å². The van der Waals surface area contributed by atoms with Crippen molar-refractivity contribution in [2.75, 3.05) is 7.11 Å². The molecule has 0 unspecified atom stereocenters. The second kappa shape index (κ2) is 4.78. The summed E-state index contributed by atoms with van der Waals surface area (Å²) < 4.78 is 5.41. The summed E-state index contributed by atoms with van der Waals surface area (Å²) in [5.74, 6) is -0.00179. The maximum atomic E-state index is 10.9. The Bertz CT molecular complexity index is 433. The molecule has 1 rings (SSSR count). The van der Waals surface area contributed by atoms with Gasteiger partial charge in [0.2, 0.25) is 0 Å². The third-order valence-electron chi connectivity index (χ3n) is 2.95. The van der Waals surface area contributed by atoms with Crippen LogP contribution in [0.3, 0.4) is 0 Å². The fraction of sp³-hybridized carbons (Fsp3) is 0.500. The summed E-state index contributed by atoms with van der Waals surface area (Å²) in [6.45, 7) is 7.84. The number of carbonyl (C=O) groups is 1. The van der Waals surface area contributed by atoms with Gasteiger partial charge in [0.25, 0.3) is 0 Å². The van der Waals surface area contributed by atoms with Crippen molar-refractivity contribution in [2.24, 2.45) is 0 Å². The lowest BCUT2D eigenvalue weighted by molar-refractivity contribution is -0.138. The molecule has 94 valence electrons. The molecule has 3 nitrogen and oxygen atoms in total. The van der Waals surface area contributed by atoms with Gasteiger partial charge in [-0.1, -0.05) is 31.5 Å². The molecule has 0 heterocycles. The molecule has 0 aliphatic heterocycles. The molecule has 0 atom stereocenters. The fourth-order valence-electron chi connectivity index (χ4n) is 2.20. The molecule has 0 radical (unpaired) electrons. The van der Waals surface area contributed by atoms with Crippen molar-refractivity contribution in [1.29, 1.82) is 0 Å². The first-order valence-electron chi connectivity index (χ1n) is 5.65. The first kappa shape index (κ1) is 13.6. The quantitative estimate of drug-likeness (QED) is 0.874. The van der Waals surface area contributed by atoms with Gasteiger partial charge in [-0.15, -0.1) is 0 Å². The lowest BCUT2D eigenvalue weighted by atomic mass is 9.79. The molecule has 0 saturated carbocycles. The smallest absolute Gasteiger partial charge is 0.304 e. The second-order valence-electron chi connectivity index (χ2n) is 5.12. The van der Waals surface area contributed by atoms with Gasteiger partial charge >= 0.3 is 5.97 Å². The van der Waals surface area contributed by atoms with E-state index in [1.54, 1.807) is 7.11 Å². The van der Waals surface area contributed by atoms with E-state index in [1.807, 2.05) is 39.8 Å². The normalized spacial score (nSPS) is 11.4. The van der Waals surface area contributed by atoms with Crippen LogP contribution in [0.4, 0.5) is 0 Å². The Morgan fingerprint density at radius 2 is 1.94 bits per heavy atom. The summed E-state index contributed by atoms with van der Waals surface area (Å²) in [6, 6.07) is 4.05. The Kier molecular flexibility index (Phi) is 3.81. The van der Waals surface area contributed by atoms with Crippen LogP contribution in [0.5, 0.6) is 5.75 Å². The fourth-order valence-corrected chi connectivity index (χ4v) is 2.20. The minimum atomic E-state index is -0.795. The van der Waals surface area contributed by atoms with Crippen LogP contribution in [-0.2, 0) is 10.2 Å². The summed E-state index contributed by atoms with van der Waals surface area (Å²) in [7, 11) is 1.62. The van der Waals surface area contributed by atoms with Gasteiger partial charge in [0.1, 0.15) is 5.75 Å². The van der Waals surface area contributed by atoms with Crippen LogP contribution in [0.2, 0.25) is 0 Å². The lowest BCUT2D eigenvalue weighted by Gasteiger charge is -2.26. The second-order valence-corrected chi connectivity index (χ2v) is 5.12. The van der Waals surface area contributed by atoms with E-state index in [1.165, 1.54) is 0 Å². The highest BCUT2D eigenvalue weighted by atomic mass is 16.5. The number of aryl methyl sites for hydroxylation is 2. The van der Waals surface area contributed by atoms with Gasteiger partial charge in [-0.25, -0.2) is 0 Å². The van der Waals surface area contributed by atoms with E-state index in [4.69, 9.17) is 9.84 Å². The van der Waals surface area contributed by atoms with Crippen LogP contribution in [0.25, 0.3) is 0 Å². The average molecular weight is 236 g/mol. The monoisotopic (exact) mass is 236 g/mol. The summed E-state index contributed by atoms with van der Waals surface area (Å²) in [4.78, 5) is 10.9. The van der Waals surface area contributed by atoms with Crippen LogP contribution >= 0.6 is 0 Å². The van der Waals surface area contributed by atoms with E-state index >= 15 is 0 Å². The number of aliphatic carboxylic acids is 1. The molecular weight excluding hydrogens is 216 g/mol. The maximum Gasteiger partial charge on any atom is 0.304 e. The maximum absolute atomic E-state index is 10.9. The van der Waals surface area contributed by atoms with Crippen molar-refractivity contribution < 1.29 is 14.6 Å². The van der Waals surface area contributed by atoms with Crippen molar-refractivity contribution in [1.82, 2.24) is 0 Å². The SMILES string of the molecule is COc1c(C)cc(C)cc1C(C)(C)CC(=O)O. The summed E-state index contributed by atoms with van der Waals surface area (Å²) in [5, 5.41) is 8.97. The van der Waals surface area contributed by atoms with Crippen LogP contribution in [-0.4, -0.2) is 18.2 Å². The van der Waals surface area contributed by atoms with E-state index < -0.39 is 11.4 Å². The van der Waals surface area contributed by atoms with Crippen LogP contribution in [0, 0.1) is 13.8 Å². The van der Waals surface area contributed by atoms with Gasteiger partial charge in [-0.3, -0.25) is 4.79 Å². The van der Waals surface area contributed by atoms with Gasteiger partial charge in [-0.05, 0) is 19.4 Å². The van der Waals surface area contributed by atoms with Crippen molar-refractivity contribution in [3.8, 4) is 5.75 Å². The largest absolute Gasteiger partial charge is 0.496 e. The van der Waals surface area contributed by atoms with Crippen molar-refractivity contribution >= 4 is 5.97 Å². The Hall–Kier alpha value is -1.51. The highest BCUT2D eigenvalue weighted by Gasteiger charge is 2.28. The average Bonchev–Trinajstić information content (AvgIpc) is 2.14. The molecule has 1 N–H and O–H groups in total. The van der Waals surface area contributed by atoms with Gasteiger partial charge in [0.15, 0.2) is 0 Å². The minimum absolute atomic E-state index is 0.0895. The van der Waals surface area contributed by atoms with Crippen molar-refractivity contribution in [3.63, 3.8) is 0 Å². The Morgan fingerprint density at radius 3 is 2.41 bits per heavy atom. The highest BCUT2D eigenvalue weighted by Crippen LogP contribution is 2.37. The molecular formula is C14H20O3. The standard InChI is InChI=1S/C14H20O3/c1-9-6-10(2)13(17-5)11(7-9)14(3,4)8-12(15)16/h6-7H,8H2,1-5H3,(H,15,16). The van der Waals surface area contributed by atoms with Crippen LogP contribution < -0.4 is 4.74 Å². The number of ether oxygens (including phenoxy) is 1. The first-order valence-corrected chi connectivity index (χ1v) is 5.65. The molecule has 1 aromatic rings. The van der Waals surface area contributed by atoms with Crippen LogP contribution in [0.15, 0.2) is 12.1 Å². The van der Waals surface area contributed by atoms with Gasteiger partial charge < -0.3 is 9.84 Å². The summed E-state index contributed by atoms with van der Waals surface area (Å²) >= 11 is 0. The van der Waals surface area contributed by atoms with E-state index in [0.29, 0.717) is 0 Å². The van der Waals surface area contributed by atoms with Crippen molar-refractivity contribution in [2.45, 2.75) is 39.5 Å². The summed E-state index contributed by atoms with van der Waals surface area (Å²) in [5.41, 5.74) is 2.69. The Labute approximate surface area is 102 Å². The zero-order valence-electron chi connectivity index (χ0n) is 11.1. The molecule has 0 bridgehead atoms. The van der Waals surface area contributed by atoms with E-state index in [0.717, 1.165) is 22.4 Å². The number of benzene rings is 1. The third kappa shape index (κ3) is 2.99. The first-order chi connectivity index (χ1) is 7.77. The zero-order chi connectivity index (χ0) is 13.2. The van der Waals surface area contributed by atoms with Crippen LogP contribution in [0.1, 0.15) is 37.0 Å². The topological polar surface area (TPSA) is 46.5 Å². The molecule has 3 heteroatoms. The Balaban J connectivity index is 3.33. The predicted molar refractivity (Wildman–Crippen MR) is 67.7 cm³/mol. The van der Waals surface area contributed by atoms with Gasteiger partial charge in [0, 0.05) is 11.0 Å². The molecule has 0 aromatic heterocycles. The molecule has 0 aliphatic carbocycles. The number of methoxy groups -OCH3 is 1. The van der Waals surface area contributed by atoms with E-state index in [2.05, 4.69) is 0 Å². The molecule has 0 spiro atoms. The predicted octanol–water partition coefficient (Wildman–Crippen LogP) is 3.06. The molecule has 17 heavy (non-hydrogen) atoms. The van der Waals surface area contributed by atoms with E-state index in [9.17, 15) is 4.79 Å². The Morgan fingerprint density at radius 1 is 1.35 bits per heavy atom. The molecule has 0 amide bonds. The molecule has 0 saturated heterocycles. The highest BCUT2D eigenvalue weighted by molar-refractivity contribution is 5.69. The summed E-state index contributed by atoms with van der Waals surface area (Å²) in [6.07, 6.45) is 0.0895. The number of hydrogen-bond donors (Lipinski definition) is 1. The molecule has 1 aromatic carbocycles. The molecule has 0 aliphatic rings. The van der Waals surface area contributed by atoms with Gasteiger partial charge in [-0.2, -0.15) is 0 Å². The minimum Gasteiger partial charge on any atom is -0.496 e. The van der Waals surface area contributed by atoms with Crippen molar-refractivity contribution in [3.05, 3.63) is 28.8 Å². The zero-order valence-corrected chi connectivity index (χ0v) is 11.1. The number of carboxylic acids is 1. The number of carboxylic acid groups (broad SMARTS) is 1. The van der Waals surface area contributed by atoms with Gasteiger partial charge in [0.05, 0.1) is 13.5 Å². The third-order valence-corrected chi connectivity index (χ3v) is 2.95. The lowest BCUT2D eigenvalue weighted by Crippen LogP contribution is -2.23. The number of hydrogen-bond acceptors (Lipinski definition) is 2.